The second-order valence-electron chi connectivity index (χ2n) is 5.75. The molecule has 26 heavy (non-hydrogen) atoms. The van der Waals surface area contributed by atoms with Crippen LogP contribution in [0.2, 0.25) is 0 Å². The maximum atomic E-state index is 11.1. The molecule has 134 valence electrons. The molecule has 0 aliphatic heterocycles. The maximum Gasteiger partial charge on any atom is 0.272 e. The van der Waals surface area contributed by atoms with Gasteiger partial charge in [-0.1, -0.05) is 18.2 Å². The van der Waals surface area contributed by atoms with Crippen molar-refractivity contribution in [2.45, 2.75) is 13.3 Å². The molecule has 0 saturated carbocycles. The van der Waals surface area contributed by atoms with Crippen LogP contribution in [0.4, 0.5) is 5.69 Å². The maximum absolute atomic E-state index is 11.1. The van der Waals surface area contributed by atoms with Gasteiger partial charge in [0.15, 0.2) is 11.5 Å². The Labute approximate surface area is 155 Å². The van der Waals surface area contributed by atoms with E-state index >= 15 is 0 Å². The molecule has 0 saturated heterocycles. The van der Waals surface area contributed by atoms with Crippen LogP contribution in [-0.4, -0.2) is 24.1 Å². The van der Waals surface area contributed by atoms with E-state index in [1.54, 1.807) is 33.3 Å². The summed E-state index contributed by atoms with van der Waals surface area (Å²) in [6.07, 6.45) is 0.652. The molecule has 3 aromatic rings. The molecule has 0 bridgehead atoms. The summed E-state index contributed by atoms with van der Waals surface area (Å²) in [6, 6.07) is 10.9. The highest BCUT2D eigenvalue weighted by atomic mass is 32.1. The lowest BCUT2D eigenvalue weighted by Crippen LogP contribution is -1.94. The van der Waals surface area contributed by atoms with Crippen molar-refractivity contribution < 1.29 is 14.4 Å². The van der Waals surface area contributed by atoms with Crippen LogP contribution in [0.25, 0.3) is 11.3 Å². The molecule has 0 unspecified atom stereocenters. The molecule has 2 aromatic carbocycles. The van der Waals surface area contributed by atoms with Crippen molar-refractivity contribution in [1.82, 2.24) is 4.98 Å². The molecule has 1 aromatic heterocycles. The van der Waals surface area contributed by atoms with Crippen molar-refractivity contribution in [3.05, 3.63) is 68.0 Å². The summed E-state index contributed by atoms with van der Waals surface area (Å²) in [5, 5.41) is 14.0. The number of benzene rings is 2. The van der Waals surface area contributed by atoms with E-state index in [4.69, 9.17) is 9.47 Å². The monoisotopic (exact) mass is 370 g/mol. The number of thiazole rings is 1. The third-order valence-corrected chi connectivity index (χ3v) is 4.91. The third-order valence-electron chi connectivity index (χ3n) is 4.06. The molecule has 0 aliphatic carbocycles. The summed E-state index contributed by atoms with van der Waals surface area (Å²) in [7, 11) is 3.21. The van der Waals surface area contributed by atoms with Crippen molar-refractivity contribution in [2.24, 2.45) is 0 Å². The number of nitro benzene ring substituents is 1. The van der Waals surface area contributed by atoms with Gasteiger partial charge in [0.25, 0.3) is 5.69 Å². The number of nitrogens with zero attached hydrogens (tertiary/aromatic N) is 2. The van der Waals surface area contributed by atoms with Gasteiger partial charge in [-0.3, -0.25) is 10.1 Å². The molecule has 0 atom stereocenters. The fourth-order valence-electron chi connectivity index (χ4n) is 2.66. The number of rotatable bonds is 6. The highest BCUT2D eigenvalue weighted by Gasteiger charge is 2.14. The van der Waals surface area contributed by atoms with E-state index in [2.05, 4.69) is 4.98 Å². The molecule has 0 radical (unpaired) electrons. The zero-order chi connectivity index (χ0) is 18.7. The summed E-state index contributed by atoms with van der Waals surface area (Å²) < 4.78 is 10.6. The number of aryl methyl sites for hydroxylation is 1. The highest BCUT2D eigenvalue weighted by Crippen LogP contribution is 2.31. The lowest BCUT2D eigenvalue weighted by molar-refractivity contribution is -0.385. The standard InChI is InChI=1S/C19H18N2O4S/c1-12-4-6-14(10-16(12)21(22)23)15-11-26-19(20-15)9-13-5-7-17(24-2)18(8-13)25-3/h4-8,10-11H,9H2,1-3H3. The molecule has 0 amide bonds. The van der Waals surface area contributed by atoms with Gasteiger partial charge in [-0.25, -0.2) is 4.98 Å². The summed E-state index contributed by atoms with van der Waals surface area (Å²) in [5.74, 6) is 1.36. The molecule has 3 rings (SSSR count). The zero-order valence-corrected chi connectivity index (χ0v) is 15.5. The third kappa shape index (κ3) is 3.67. The van der Waals surface area contributed by atoms with Gasteiger partial charge < -0.3 is 9.47 Å². The molecular weight excluding hydrogens is 352 g/mol. The van der Waals surface area contributed by atoms with Crippen LogP contribution in [-0.2, 0) is 6.42 Å². The summed E-state index contributed by atoms with van der Waals surface area (Å²) in [5.41, 5.74) is 3.29. The second kappa shape index (κ2) is 7.53. The van der Waals surface area contributed by atoms with Gasteiger partial charge in [0, 0.05) is 29.0 Å². The number of hydrogen-bond acceptors (Lipinski definition) is 6. The fourth-order valence-corrected chi connectivity index (χ4v) is 3.49. The smallest absolute Gasteiger partial charge is 0.272 e. The number of methoxy groups -OCH3 is 2. The Bertz CT molecular complexity index is 952. The summed E-state index contributed by atoms with van der Waals surface area (Å²) in [6.45, 7) is 1.73. The van der Waals surface area contributed by atoms with E-state index in [9.17, 15) is 10.1 Å². The first-order valence-electron chi connectivity index (χ1n) is 7.92. The molecule has 1 heterocycles. The van der Waals surface area contributed by atoms with Gasteiger partial charge in [-0.15, -0.1) is 11.3 Å². The zero-order valence-electron chi connectivity index (χ0n) is 14.7. The number of hydrogen-bond donors (Lipinski definition) is 0. The van der Waals surface area contributed by atoms with E-state index in [0.717, 1.165) is 21.8 Å². The minimum Gasteiger partial charge on any atom is -0.493 e. The normalized spacial score (nSPS) is 10.6. The van der Waals surface area contributed by atoms with Crippen molar-refractivity contribution in [1.29, 1.82) is 0 Å². The molecule has 0 fully saturated rings. The van der Waals surface area contributed by atoms with E-state index < -0.39 is 0 Å². The SMILES string of the molecule is COc1ccc(Cc2nc(-c3ccc(C)c([N+](=O)[O-])c3)cs2)cc1OC. The average molecular weight is 370 g/mol. The topological polar surface area (TPSA) is 74.5 Å². The molecule has 0 N–H and O–H groups in total. The van der Waals surface area contributed by atoms with Crippen LogP contribution in [0.1, 0.15) is 16.1 Å². The Morgan fingerprint density at radius 2 is 1.88 bits per heavy atom. The first-order chi connectivity index (χ1) is 12.5. The van der Waals surface area contributed by atoms with Crippen molar-refractivity contribution >= 4 is 17.0 Å². The van der Waals surface area contributed by atoms with Crippen molar-refractivity contribution in [2.75, 3.05) is 14.2 Å². The van der Waals surface area contributed by atoms with E-state index in [-0.39, 0.29) is 10.6 Å². The Morgan fingerprint density at radius 3 is 2.58 bits per heavy atom. The van der Waals surface area contributed by atoms with E-state index in [0.29, 0.717) is 23.5 Å². The van der Waals surface area contributed by atoms with Gasteiger partial charge in [0.1, 0.15) is 0 Å². The Hall–Kier alpha value is -2.93. The first-order valence-corrected chi connectivity index (χ1v) is 8.80. The molecule has 0 spiro atoms. The second-order valence-corrected chi connectivity index (χ2v) is 6.69. The van der Waals surface area contributed by atoms with Gasteiger partial charge in [0.2, 0.25) is 0 Å². The molecular formula is C19H18N2O4S. The van der Waals surface area contributed by atoms with Crippen LogP contribution in [0.15, 0.2) is 41.8 Å². The number of aromatic nitrogens is 1. The van der Waals surface area contributed by atoms with Gasteiger partial charge >= 0.3 is 0 Å². The minimum atomic E-state index is -0.365. The van der Waals surface area contributed by atoms with Gasteiger partial charge in [0.05, 0.1) is 29.8 Å². The number of ether oxygens (including phenoxy) is 2. The lowest BCUT2D eigenvalue weighted by atomic mass is 10.1. The van der Waals surface area contributed by atoms with E-state index in [1.165, 1.54) is 11.3 Å². The van der Waals surface area contributed by atoms with E-state index in [1.807, 2.05) is 29.6 Å². The van der Waals surface area contributed by atoms with Crippen LogP contribution in [0.3, 0.4) is 0 Å². The Morgan fingerprint density at radius 1 is 1.12 bits per heavy atom. The summed E-state index contributed by atoms with van der Waals surface area (Å²) in [4.78, 5) is 15.4. The minimum absolute atomic E-state index is 0.108. The quantitative estimate of drug-likeness (QED) is 0.467. The average Bonchev–Trinajstić information content (AvgIpc) is 3.10. The van der Waals surface area contributed by atoms with Crippen molar-refractivity contribution in [3.8, 4) is 22.8 Å². The van der Waals surface area contributed by atoms with Gasteiger partial charge in [-0.05, 0) is 24.6 Å². The first kappa shape index (κ1) is 17.9. The van der Waals surface area contributed by atoms with Crippen LogP contribution in [0.5, 0.6) is 11.5 Å². The van der Waals surface area contributed by atoms with Crippen LogP contribution < -0.4 is 9.47 Å². The van der Waals surface area contributed by atoms with Crippen LogP contribution >= 0.6 is 11.3 Å². The van der Waals surface area contributed by atoms with Crippen LogP contribution in [0, 0.1) is 17.0 Å². The Balaban J connectivity index is 1.85. The molecule has 7 heteroatoms. The lowest BCUT2D eigenvalue weighted by Gasteiger charge is -2.08. The molecule has 6 nitrogen and oxygen atoms in total. The predicted octanol–water partition coefficient (Wildman–Crippen LogP) is 4.63. The van der Waals surface area contributed by atoms with Gasteiger partial charge in [-0.2, -0.15) is 0 Å². The number of nitro groups is 1. The highest BCUT2D eigenvalue weighted by molar-refractivity contribution is 7.10. The van der Waals surface area contributed by atoms with Crippen molar-refractivity contribution in [3.63, 3.8) is 0 Å². The fraction of sp³-hybridized carbons (Fsp3) is 0.211. The molecule has 0 aliphatic rings. The summed E-state index contributed by atoms with van der Waals surface area (Å²) >= 11 is 1.53. The Kier molecular flexibility index (Phi) is 5.18. The largest absolute Gasteiger partial charge is 0.493 e. The predicted molar refractivity (Wildman–Crippen MR) is 101 cm³/mol.